The molecule has 4 N–H and O–H groups in total. The fraction of sp³-hybridized carbons (Fsp3) is 0.400. The number of aliphatic hydroxyl groups excluding tert-OH is 1. The van der Waals surface area contributed by atoms with E-state index in [-0.39, 0.29) is 29.8 Å². The number of rotatable bonds is 6. The van der Waals surface area contributed by atoms with Crippen LogP contribution in [0.3, 0.4) is 0 Å². The quantitative estimate of drug-likeness (QED) is 0.608. The summed E-state index contributed by atoms with van der Waals surface area (Å²) >= 11 is 0. The third kappa shape index (κ3) is 3.53. The van der Waals surface area contributed by atoms with Crippen LogP contribution in [0.4, 0.5) is 0 Å². The average molecular weight is 376 g/mol. The van der Waals surface area contributed by atoms with Crippen LogP contribution in [-0.4, -0.2) is 53.5 Å². The summed E-state index contributed by atoms with van der Waals surface area (Å²) in [6, 6.07) is 9.66. The Morgan fingerprint density at radius 1 is 1.04 bits per heavy atom. The van der Waals surface area contributed by atoms with Crippen LogP contribution in [0.15, 0.2) is 36.4 Å². The highest BCUT2D eigenvalue weighted by Gasteiger charge is 2.50. The van der Waals surface area contributed by atoms with Crippen molar-refractivity contribution in [3.8, 4) is 23.0 Å². The van der Waals surface area contributed by atoms with Crippen LogP contribution in [0.25, 0.3) is 0 Å². The van der Waals surface area contributed by atoms with Crippen molar-refractivity contribution >= 4 is 0 Å². The summed E-state index contributed by atoms with van der Waals surface area (Å²) in [5.41, 5.74) is -0.0614. The van der Waals surface area contributed by atoms with Gasteiger partial charge in [0.05, 0.1) is 27.4 Å². The van der Waals surface area contributed by atoms with Gasteiger partial charge >= 0.3 is 0 Å². The Morgan fingerprint density at radius 2 is 1.67 bits per heavy atom. The van der Waals surface area contributed by atoms with E-state index in [0.717, 1.165) is 5.56 Å². The molecule has 7 heteroatoms. The van der Waals surface area contributed by atoms with Gasteiger partial charge in [0.25, 0.3) is 0 Å². The first-order chi connectivity index (χ1) is 12.9. The number of ether oxygens (including phenoxy) is 3. The van der Waals surface area contributed by atoms with Gasteiger partial charge in [-0.2, -0.15) is 0 Å². The molecule has 1 aliphatic rings. The molecule has 2 aromatic carbocycles. The van der Waals surface area contributed by atoms with E-state index in [1.165, 1.54) is 26.4 Å². The number of phenols is 2. The minimum absolute atomic E-state index is 0.0143. The van der Waals surface area contributed by atoms with Gasteiger partial charge in [0.1, 0.15) is 11.7 Å². The van der Waals surface area contributed by atoms with Crippen LogP contribution in [0.2, 0.25) is 0 Å². The van der Waals surface area contributed by atoms with Crippen molar-refractivity contribution in [2.75, 3.05) is 27.4 Å². The Labute approximate surface area is 157 Å². The Morgan fingerprint density at radius 3 is 2.30 bits per heavy atom. The second kappa shape index (κ2) is 7.64. The summed E-state index contributed by atoms with van der Waals surface area (Å²) in [5.74, 6) is 0.262. The van der Waals surface area contributed by atoms with Crippen molar-refractivity contribution in [1.29, 1.82) is 0 Å². The summed E-state index contributed by atoms with van der Waals surface area (Å²) in [6.07, 6.45) is -0.333. The van der Waals surface area contributed by atoms with E-state index in [0.29, 0.717) is 17.7 Å². The molecule has 146 valence electrons. The highest BCUT2D eigenvalue weighted by Crippen LogP contribution is 2.45. The lowest BCUT2D eigenvalue weighted by atomic mass is 9.80. The van der Waals surface area contributed by atoms with Gasteiger partial charge in [-0.15, -0.1) is 0 Å². The second-order valence-corrected chi connectivity index (χ2v) is 6.70. The average Bonchev–Trinajstić information content (AvgIpc) is 3.00. The minimum atomic E-state index is -1.51. The molecule has 0 aliphatic carbocycles. The number of aliphatic hydroxyl groups is 2. The molecule has 0 amide bonds. The van der Waals surface area contributed by atoms with Gasteiger partial charge in [0, 0.05) is 5.92 Å². The van der Waals surface area contributed by atoms with Crippen molar-refractivity contribution in [3.63, 3.8) is 0 Å². The molecule has 1 aliphatic heterocycles. The summed E-state index contributed by atoms with van der Waals surface area (Å²) < 4.78 is 16.1. The molecule has 0 spiro atoms. The predicted octanol–water partition coefficient (Wildman–Crippen LogP) is 1.77. The molecule has 1 fully saturated rings. The van der Waals surface area contributed by atoms with Gasteiger partial charge in [0.15, 0.2) is 23.0 Å². The summed E-state index contributed by atoms with van der Waals surface area (Å²) in [4.78, 5) is 0. The first kappa shape index (κ1) is 19.3. The number of benzene rings is 2. The predicted molar refractivity (Wildman–Crippen MR) is 97.2 cm³/mol. The van der Waals surface area contributed by atoms with E-state index in [1.807, 2.05) is 0 Å². The van der Waals surface area contributed by atoms with Crippen molar-refractivity contribution in [2.45, 2.75) is 18.1 Å². The molecular formula is C20H24O7. The van der Waals surface area contributed by atoms with E-state index in [4.69, 9.17) is 14.2 Å². The maximum Gasteiger partial charge on any atom is 0.160 e. The summed E-state index contributed by atoms with van der Waals surface area (Å²) in [5, 5.41) is 40.7. The highest BCUT2D eigenvalue weighted by molar-refractivity contribution is 5.44. The lowest BCUT2D eigenvalue weighted by Gasteiger charge is -2.32. The van der Waals surface area contributed by atoms with Gasteiger partial charge < -0.3 is 34.6 Å². The first-order valence-corrected chi connectivity index (χ1v) is 8.60. The van der Waals surface area contributed by atoms with E-state index < -0.39 is 18.3 Å². The lowest BCUT2D eigenvalue weighted by molar-refractivity contribution is -0.0882. The van der Waals surface area contributed by atoms with Crippen LogP contribution in [0, 0.1) is 5.92 Å². The standard InChI is InChI=1S/C20H24O7/c1-25-17-8-12(3-5-15(17)22)7-14-10-27-19(20(14,24)11-21)13-4-6-16(23)18(9-13)26-2/h3-6,8-9,14,19,21-24H,7,10-11H2,1-2H3/t14-,19+,20+/m1/s1. The molecule has 0 saturated carbocycles. The first-order valence-electron chi connectivity index (χ1n) is 8.60. The molecule has 7 nitrogen and oxygen atoms in total. The zero-order chi connectivity index (χ0) is 19.6. The molecule has 27 heavy (non-hydrogen) atoms. The zero-order valence-electron chi connectivity index (χ0n) is 15.3. The number of aromatic hydroxyl groups is 2. The zero-order valence-corrected chi connectivity index (χ0v) is 15.3. The number of hydrogen-bond acceptors (Lipinski definition) is 7. The molecule has 1 heterocycles. The monoisotopic (exact) mass is 376 g/mol. The summed E-state index contributed by atoms with van der Waals surface area (Å²) in [6.45, 7) is -0.241. The Balaban J connectivity index is 1.87. The van der Waals surface area contributed by atoms with Crippen molar-refractivity contribution in [2.24, 2.45) is 5.92 Å². The van der Waals surface area contributed by atoms with Gasteiger partial charge in [-0.1, -0.05) is 12.1 Å². The highest BCUT2D eigenvalue weighted by atomic mass is 16.5. The number of methoxy groups -OCH3 is 2. The molecule has 2 aromatic rings. The summed E-state index contributed by atoms with van der Waals surface area (Å²) in [7, 11) is 2.91. The minimum Gasteiger partial charge on any atom is -0.504 e. The van der Waals surface area contributed by atoms with E-state index >= 15 is 0 Å². The lowest BCUT2D eigenvalue weighted by Crippen LogP contribution is -2.43. The Hall–Kier alpha value is -2.48. The maximum atomic E-state index is 11.2. The van der Waals surface area contributed by atoms with Crippen molar-refractivity contribution in [3.05, 3.63) is 47.5 Å². The number of hydrogen-bond donors (Lipinski definition) is 4. The van der Waals surface area contributed by atoms with Crippen molar-refractivity contribution < 1.29 is 34.6 Å². The van der Waals surface area contributed by atoms with Crippen LogP contribution in [0.5, 0.6) is 23.0 Å². The van der Waals surface area contributed by atoms with Gasteiger partial charge in [-0.3, -0.25) is 0 Å². The fourth-order valence-electron chi connectivity index (χ4n) is 3.54. The topological polar surface area (TPSA) is 109 Å². The Bertz CT molecular complexity index is 807. The molecule has 3 rings (SSSR count). The third-order valence-corrected chi connectivity index (χ3v) is 5.11. The number of phenolic OH excluding ortho intramolecular Hbond substituents is 2. The van der Waals surface area contributed by atoms with Crippen LogP contribution in [0.1, 0.15) is 17.2 Å². The molecule has 0 unspecified atom stereocenters. The smallest absolute Gasteiger partial charge is 0.160 e. The molecule has 0 aromatic heterocycles. The maximum absolute atomic E-state index is 11.2. The molecule has 0 radical (unpaired) electrons. The third-order valence-electron chi connectivity index (χ3n) is 5.11. The SMILES string of the molecule is COc1cc(C[C@@H]2CO[C@@H](c3ccc(O)c(OC)c3)[C@]2(O)CO)ccc1O. The van der Waals surface area contributed by atoms with Gasteiger partial charge in [-0.05, 0) is 41.8 Å². The van der Waals surface area contributed by atoms with Gasteiger partial charge in [0.2, 0.25) is 0 Å². The van der Waals surface area contributed by atoms with Crippen LogP contribution >= 0.6 is 0 Å². The largest absolute Gasteiger partial charge is 0.504 e. The van der Waals surface area contributed by atoms with E-state index in [1.54, 1.807) is 24.3 Å². The molecule has 3 atom stereocenters. The second-order valence-electron chi connectivity index (χ2n) is 6.70. The van der Waals surface area contributed by atoms with E-state index in [9.17, 15) is 20.4 Å². The molecular weight excluding hydrogens is 352 g/mol. The van der Waals surface area contributed by atoms with Crippen LogP contribution in [-0.2, 0) is 11.2 Å². The van der Waals surface area contributed by atoms with Crippen LogP contribution < -0.4 is 9.47 Å². The van der Waals surface area contributed by atoms with Crippen molar-refractivity contribution in [1.82, 2.24) is 0 Å². The van der Waals surface area contributed by atoms with E-state index in [2.05, 4.69) is 0 Å². The fourth-order valence-corrected chi connectivity index (χ4v) is 3.54. The Kier molecular flexibility index (Phi) is 5.46. The molecule has 1 saturated heterocycles. The van der Waals surface area contributed by atoms with Gasteiger partial charge in [-0.25, -0.2) is 0 Å². The molecule has 0 bridgehead atoms. The normalized spacial score (nSPS) is 24.7.